The minimum Gasteiger partial charge on any atom is -0.349 e. The number of hydrogen-bond acceptors (Lipinski definition) is 5. The van der Waals surface area contributed by atoms with Gasteiger partial charge in [-0.15, -0.1) is 0 Å². The summed E-state index contributed by atoms with van der Waals surface area (Å²) < 4.78 is 49.4. The third kappa shape index (κ3) is 4.28. The highest BCUT2D eigenvalue weighted by Gasteiger charge is 2.33. The molecule has 0 aliphatic carbocycles. The Morgan fingerprint density at radius 1 is 1.15 bits per heavy atom. The summed E-state index contributed by atoms with van der Waals surface area (Å²) in [5.41, 5.74) is 0. The minimum atomic E-state index is -3.61. The first-order valence-corrected chi connectivity index (χ1v) is 11.7. The topological polar surface area (TPSA) is 101 Å². The minimum absolute atomic E-state index is 0.122. The van der Waals surface area contributed by atoms with Crippen LogP contribution >= 0.6 is 11.6 Å². The van der Waals surface area contributed by atoms with Crippen LogP contribution in [0, 0.1) is 5.92 Å². The van der Waals surface area contributed by atoms with Crippen LogP contribution in [0.5, 0.6) is 0 Å². The molecule has 7 nitrogen and oxygen atoms in total. The highest BCUT2D eigenvalue weighted by molar-refractivity contribution is 7.94. The second-order valence-electron chi connectivity index (χ2n) is 6.41. The maximum atomic E-state index is 12.6. The number of carbonyl (C=O) groups is 1. The van der Waals surface area contributed by atoms with Crippen LogP contribution in [-0.2, 0) is 24.7 Å². The number of hydrogen-bond donors (Lipinski definition) is 1. The maximum Gasteiger partial charge on any atom is 0.243 e. The molecule has 1 aromatic rings. The summed E-state index contributed by atoms with van der Waals surface area (Å²) in [6.45, 7) is 0.476. The van der Waals surface area contributed by atoms with Crippen LogP contribution in [0.2, 0.25) is 5.02 Å². The zero-order chi connectivity index (χ0) is 18.9. The van der Waals surface area contributed by atoms with Gasteiger partial charge in [-0.25, -0.2) is 16.8 Å². The van der Waals surface area contributed by atoms with Gasteiger partial charge in [0.2, 0.25) is 15.9 Å². The van der Waals surface area contributed by atoms with Crippen LogP contribution in [0.25, 0.3) is 0 Å². The first-order valence-electron chi connectivity index (χ1n) is 8.14. The molecule has 1 amide bonds. The second-order valence-corrected chi connectivity index (χ2v) is 10.7. The second kappa shape index (κ2) is 7.30. The van der Waals surface area contributed by atoms with E-state index in [9.17, 15) is 21.6 Å². The van der Waals surface area contributed by atoms with Crippen molar-refractivity contribution in [2.75, 3.05) is 18.8 Å². The molecule has 1 fully saturated rings. The van der Waals surface area contributed by atoms with Crippen LogP contribution in [0.15, 0.2) is 40.6 Å². The van der Waals surface area contributed by atoms with Crippen molar-refractivity contribution in [3.05, 3.63) is 40.8 Å². The molecule has 2 aliphatic rings. The zero-order valence-corrected chi connectivity index (χ0v) is 16.2. The van der Waals surface area contributed by atoms with Gasteiger partial charge in [-0.3, -0.25) is 4.79 Å². The van der Waals surface area contributed by atoms with Crippen molar-refractivity contribution in [1.29, 1.82) is 0 Å². The number of amides is 1. The van der Waals surface area contributed by atoms with E-state index in [1.807, 2.05) is 0 Å². The van der Waals surface area contributed by atoms with Crippen LogP contribution in [0.3, 0.4) is 0 Å². The Labute approximate surface area is 158 Å². The van der Waals surface area contributed by atoms with Crippen molar-refractivity contribution in [3.63, 3.8) is 0 Å². The number of halogens is 1. The lowest BCUT2D eigenvalue weighted by Crippen LogP contribution is -2.45. The van der Waals surface area contributed by atoms with Crippen LogP contribution < -0.4 is 5.32 Å². The standard InChI is InChI=1S/C16H19ClN2O5S2/c17-13-1-3-15(4-2-13)26(23,24)19-8-5-12(6-9-19)16(20)18-14-7-10-25(21,22)11-14/h1-4,7,10,12,14H,5-6,8-9,11H2,(H,18,20)/t14-/m1/s1. The number of sulfonamides is 1. The number of sulfone groups is 1. The van der Waals surface area contributed by atoms with E-state index in [0.29, 0.717) is 17.9 Å². The quantitative estimate of drug-likeness (QED) is 0.790. The van der Waals surface area contributed by atoms with Crippen LogP contribution in [0.4, 0.5) is 0 Å². The number of piperidine rings is 1. The molecule has 0 saturated carbocycles. The summed E-state index contributed by atoms with van der Waals surface area (Å²) in [6.07, 6.45) is 2.25. The number of nitrogens with one attached hydrogen (secondary N) is 1. The van der Waals surface area contributed by atoms with E-state index >= 15 is 0 Å². The first kappa shape index (κ1) is 19.3. The molecule has 142 valence electrons. The molecule has 1 saturated heterocycles. The first-order chi connectivity index (χ1) is 12.2. The highest BCUT2D eigenvalue weighted by Crippen LogP contribution is 2.25. The maximum absolute atomic E-state index is 12.6. The van der Waals surface area contributed by atoms with Crippen molar-refractivity contribution in [3.8, 4) is 0 Å². The summed E-state index contributed by atoms with van der Waals surface area (Å²) in [4.78, 5) is 12.5. The van der Waals surface area contributed by atoms with Crippen LogP contribution in [-0.4, -0.2) is 51.9 Å². The predicted octanol–water partition coefficient (Wildman–Crippen LogP) is 1.17. The monoisotopic (exact) mass is 418 g/mol. The Morgan fingerprint density at radius 3 is 2.31 bits per heavy atom. The average molecular weight is 419 g/mol. The van der Waals surface area contributed by atoms with E-state index < -0.39 is 25.9 Å². The van der Waals surface area contributed by atoms with Gasteiger partial charge in [0.25, 0.3) is 0 Å². The Hall–Kier alpha value is -1.42. The molecular weight excluding hydrogens is 400 g/mol. The fourth-order valence-corrected chi connectivity index (χ4v) is 5.91. The van der Waals surface area contributed by atoms with E-state index in [0.717, 1.165) is 5.41 Å². The van der Waals surface area contributed by atoms with Crippen molar-refractivity contribution in [1.82, 2.24) is 9.62 Å². The third-order valence-corrected chi connectivity index (χ3v) is 8.09. The van der Waals surface area contributed by atoms with Gasteiger partial charge < -0.3 is 5.32 Å². The summed E-state index contributed by atoms with van der Waals surface area (Å²) in [7, 11) is -6.84. The molecular formula is C16H19ClN2O5S2. The molecule has 1 aromatic carbocycles. The van der Waals surface area contributed by atoms with E-state index in [4.69, 9.17) is 11.6 Å². The van der Waals surface area contributed by atoms with Gasteiger partial charge in [0.15, 0.2) is 9.84 Å². The van der Waals surface area contributed by atoms with Gasteiger partial charge in [0.05, 0.1) is 16.7 Å². The van der Waals surface area contributed by atoms with Gasteiger partial charge in [-0.1, -0.05) is 11.6 Å². The van der Waals surface area contributed by atoms with Gasteiger partial charge in [-0.2, -0.15) is 4.31 Å². The smallest absolute Gasteiger partial charge is 0.243 e. The Morgan fingerprint density at radius 2 is 1.77 bits per heavy atom. The fraction of sp³-hybridized carbons (Fsp3) is 0.438. The Balaban J connectivity index is 1.58. The summed E-state index contributed by atoms with van der Waals surface area (Å²) in [5.74, 6) is -0.689. The molecule has 1 atom stereocenters. The highest BCUT2D eigenvalue weighted by atomic mass is 35.5. The SMILES string of the molecule is O=C(N[C@@H]1C=CS(=O)(=O)C1)C1CCN(S(=O)(=O)c2ccc(Cl)cc2)CC1. The molecule has 26 heavy (non-hydrogen) atoms. The summed E-state index contributed by atoms with van der Waals surface area (Å²) >= 11 is 5.79. The van der Waals surface area contributed by atoms with Crippen molar-refractivity contribution < 1.29 is 21.6 Å². The molecule has 10 heteroatoms. The van der Waals surface area contributed by atoms with E-state index in [1.54, 1.807) is 0 Å². The number of rotatable bonds is 4. The van der Waals surface area contributed by atoms with Crippen molar-refractivity contribution >= 4 is 37.4 Å². The van der Waals surface area contributed by atoms with Gasteiger partial charge in [-0.05, 0) is 43.2 Å². The fourth-order valence-electron chi connectivity index (χ4n) is 3.08. The van der Waals surface area contributed by atoms with Gasteiger partial charge >= 0.3 is 0 Å². The molecule has 2 heterocycles. The van der Waals surface area contributed by atoms with E-state index in [-0.39, 0.29) is 35.6 Å². The average Bonchev–Trinajstić information content (AvgIpc) is 2.94. The lowest BCUT2D eigenvalue weighted by molar-refractivity contribution is -0.126. The Kier molecular flexibility index (Phi) is 5.43. The van der Waals surface area contributed by atoms with Gasteiger partial charge in [0, 0.05) is 29.4 Å². The van der Waals surface area contributed by atoms with E-state index in [2.05, 4.69) is 5.32 Å². The summed E-state index contributed by atoms with van der Waals surface area (Å²) in [5, 5.41) is 4.28. The lowest BCUT2D eigenvalue weighted by Gasteiger charge is -2.31. The number of carbonyl (C=O) groups excluding carboxylic acids is 1. The molecule has 0 radical (unpaired) electrons. The normalized spacial score (nSPS) is 23.8. The number of benzene rings is 1. The molecule has 1 N–H and O–H groups in total. The third-order valence-electron chi connectivity index (χ3n) is 4.53. The lowest BCUT2D eigenvalue weighted by atomic mass is 9.97. The molecule has 0 bridgehead atoms. The molecule has 3 rings (SSSR count). The van der Waals surface area contributed by atoms with E-state index in [1.165, 1.54) is 34.6 Å². The molecule has 0 spiro atoms. The van der Waals surface area contributed by atoms with Gasteiger partial charge in [0.1, 0.15) is 0 Å². The van der Waals surface area contributed by atoms with Crippen molar-refractivity contribution in [2.24, 2.45) is 5.92 Å². The molecule has 2 aliphatic heterocycles. The Bertz CT molecular complexity index is 918. The molecule has 0 unspecified atom stereocenters. The largest absolute Gasteiger partial charge is 0.349 e. The zero-order valence-electron chi connectivity index (χ0n) is 13.8. The summed E-state index contributed by atoms with van der Waals surface area (Å²) in [6, 6.07) is 5.46. The van der Waals surface area contributed by atoms with Crippen LogP contribution in [0.1, 0.15) is 12.8 Å². The predicted molar refractivity (Wildman–Crippen MR) is 97.8 cm³/mol. The van der Waals surface area contributed by atoms with Crippen molar-refractivity contribution in [2.45, 2.75) is 23.8 Å². The number of nitrogens with zero attached hydrogens (tertiary/aromatic N) is 1. The molecule has 0 aromatic heterocycles.